The fourth-order valence-corrected chi connectivity index (χ4v) is 4.02. The molecule has 140 valence electrons. The molecule has 3 amide bonds. The summed E-state index contributed by atoms with van der Waals surface area (Å²) in [5, 5.41) is 11.5. The molecule has 10 heteroatoms. The van der Waals surface area contributed by atoms with Crippen LogP contribution in [-0.2, 0) is 9.59 Å². The fourth-order valence-electron chi connectivity index (χ4n) is 4.02. The lowest BCUT2D eigenvalue weighted by atomic mass is 9.96. The second kappa shape index (κ2) is 6.38. The van der Waals surface area contributed by atoms with Crippen molar-refractivity contribution < 1.29 is 32.7 Å². The number of carboxylic acids is 1. The lowest BCUT2D eigenvalue weighted by Gasteiger charge is -2.29. The van der Waals surface area contributed by atoms with Crippen molar-refractivity contribution in [3.05, 3.63) is 0 Å². The third-order valence-corrected chi connectivity index (χ3v) is 5.36. The van der Waals surface area contributed by atoms with Gasteiger partial charge in [-0.1, -0.05) is 0 Å². The molecular weight excluding hydrogens is 343 g/mol. The summed E-state index contributed by atoms with van der Waals surface area (Å²) in [6, 6.07) is -1.49. The smallest absolute Gasteiger partial charge is 0.394 e. The van der Waals surface area contributed by atoms with E-state index in [1.165, 1.54) is 0 Å². The largest absolute Gasteiger partial charge is 0.481 e. The summed E-state index contributed by atoms with van der Waals surface area (Å²) in [4.78, 5) is 38.2. The highest BCUT2D eigenvalue weighted by Crippen LogP contribution is 2.38. The molecule has 0 radical (unpaired) electrons. The monoisotopic (exact) mass is 363 g/mol. The molecule has 0 saturated carbocycles. The average Bonchev–Trinajstić information content (AvgIpc) is 3.11. The highest BCUT2D eigenvalue weighted by atomic mass is 19.4. The molecule has 0 aromatic heterocycles. The van der Waals surface area contributed by atoms with E-state index >= 15 is 0 Å². The van der Waals surface area contributed by atoms with Crippen molar-refractivity contribution >= 4 is 17.9 Å². The minimum Gasteiger partial charge on any atom is -0.481 e. The Morgan fingerprint density at radius 3 is 2.48 bits per heavy atom. The van der Waals surface area contributed by atoms with Crippen LogP contribution in [0.5, 0.6) is 0 Å². The van der Waals surface area contributed by atoms with E-state index in [1.807, 2.05) is 0 Å². The molecule has 3 aliphatic rings. The number of hydrogen-bond donors (Lipinski definition) is 2. The van der Waals surface area contributed by atoms with Gasteiger partial charge in [-0.15, -0.1) is 0 Å². The Morgan fingerprint density at radius 1 is 1.20 bits per heavy atom. The van der Waals surface area contributed by atoms with E-state index in [9.17, 15) is 27.6 Å². The van der Waals surface area contributed by atoms with Gasteiger partial charge < -0.3 is 20.2 Å². The Morgan fingerprint density at radius 2 is 1.92 bits per heavy atom. The van der Waals surface area contributed by atoms with Crippen LogP contribution < -0.4 is 5.32 Å². The number of rotatable bonds is 2. The minimum atomic E-state index is -4.69. The third kappa shape index (κ3) is 3.38. The molecule has 3 fully saturated rings. The van der Waals surface area contributed by atoms with Crippen LogP contribution in [0.25, 0.3) is 0 Å². The molecule has 2 unspecified atom stereocenters. The maximum absolute atomic E-state index is 13.0. The molecule has 3 aliphatic heterocycles. The zero-order valence-electron chi connectivity index (χ0n) is 13.5. The number of carboxylic acid groups (broad SMARTS) is 1. The first kappa shape index (κ1) is 17.8. The van der Waals surface area contributed by atoms with E-state index in [4.69, 9.17) is 5.11 Å². The van der Waals surface area contributed by atoms with Crippen LogP contribution in [0.15, 0.2) is 0 Å². The van der Waals surface area contributed by atoms with E-state index in [0.29, 0.717) is 13.0 Å². The Bertz CT molecular complexity index is 583. The molecular formula is C15H20F3N3O4. The van der Waals surface area contributed by atoms with Crippen molar-refractivity contribution in [3.63, 3.8) is 0 Å². The number of piperidine rings is 1. The number of hydrogen-bond acceptors (Lipinski definition) is 3. The van der Waals surface area contributed by atoms with Gasteiger partial charge in [-0.05, 0) is 25.7 Å². The maximum Gasteiger partial charge on any atom is 0.394 e. The molecule has 0 aliphatic carbocycles. The summed E-state index contributed by atoms with van der Waals surface area (Å²) in [5.74, 6) is -5.57. The zero-order valence-corrected chi connectivity index (χ0v) is 13.5. The molecule has 25 heavy (non-hydrogen) atoms. The highest BCUT2D eigenvalue weighted by molar-refractivity contribution is 5.89. The number of halogens is 3. The van der Waals surface area contributed by atoms with Gasteiger partial charge in [0, 0.05) is 25.7 Å². The molecule has 0 bridgehead atoms. The molecule has 3 rings (SSSR count). The fraction of sp³-hybridized carbons (Fsp3) is 0.800. The highest BCUT2D eigenvalue weighted by Gasteiger charge is 2.54. The number of alkyl halides is 3. The molecule has 4 atom stereocenters. The number of aliphatic carboxylic acids is 1. The van der Waals surface area contributed by atoms with E-state index < -0.39 is 49.1 Å². The van der Waals surface area contributed by atoms with Crippen molar-refractivity contribution in [2.24, 2.45) is 11.8 Å². The van der Waals surface area contributed by atoms with Crippen molar-refractivity contribution in [1.29, 1.82) is 0 Å². The first-order chi connectivity index (χ1) is 11.7. The SMILES string of the molecule is O=C(O)[C@@H]1CN(C(=O)NC2CC3CCCCN3C2=O)C[C@H]1C(F)(F)F. The standard InChI is InChI=1S/C15H20F3N3O4/c16-15(17,18)10-7-20(6-9(10)13(23)24)14(25)19-11-5-8-3-1-2-4-21(8)12(11)22/h8-11H,1-7H2,(H,19,25)(H,23,24)/t8?,9-,10-,11?/m1/s1. The van der Waals surface area contributed by atoms with Gasteiger partial charge in [-0.2, -0.15) is 13.2 Å². The van der Waals surface area contributed by atoms with E-state index in [1.54, 1.807) is 4.90 Å². The number of nitrogens with zero attached hydrogens (tertiary/aromatic N) is 2. The summed E-state index contributed by atoms with van der Waals surface area (Å²) in [6.45, 7) is -0.587. The summed E-state index contributed by atoms with van der Waals surface area (Å²) >= 11 is 0. The van der Waals surface area contributed by atoms with E-state index in [0.717, 1.165) is 24.2 Å². The number of amides is 3. The molecule has 0 aromatic rings. The summed E-state index contributed by atoms with van der Waals surface area (Å²) in [7, 11) is 0. The third-order valence-electron chi connectivity index (χ3n) is 5.36. The molecule has 0 spiro atoms. The van der Waals surface area contributed by atoms with Crippen LogP contribution in [0, 0.1) is 11.8 Å². The van der Waals surface area contributed by atoms with Gasteiger partial charge in [-0.25, -0.2) is 4.79 Å². The van der Waals surface area contributed by atoms with Gasteiger partial charge >= 0.3 is 18.2 Å². The summed E-state index contributed by atoms with van der Waals surface area (Å²) < 4.78 is 39.0. The quantitative estimate of drug-likeness (QED) is 0.767. The van der Waals surface area contributed by atoms with Gasteiger partial charge in [0.1, 0.15) is 6.04 Å². The molecule has 3 saturated heterocycles. The minimum absolute atomic E-state index is 0.0693. The van der Waals surface area contributed by atoms with Crippen LogP contribution in [-0.4, -0.2) is 70.7 Å². The number of fused-ring (bicyclic) bond motifs is 1. The van der Waals surface area contributed by atoms with Gasteiger partial charge in [-0.3, -0.25) is 9.59 Å². The molecule has 7 nitrogen and oxygen atoms in total. The van der Waals surface area contributed by atoms with Crippen LogP contribution in [0.2, 0.25) is 0 Å². The number of urea groups is 1. The van der Waals surface area contributed by atoms with E-state index in [-0.39, 0.29) is 11.9 Å². The van der Waals surface area contributed by atoms with Gasteiger partial charge in [0.25, 0.3) is 0 Å². The number of nitrogens with one attached hydrogen (secondary N) is 1. The maximum atomic E-state index is 13.0. The predicted molar refractivity (Wildman–Crippen MR) is 78.5 cm³/mol. The summed E-state index contributed by atoms with van der Waals surface area (Å²) in [5.41, 5.74) is 0. The Hall–Kier alpha value is -2.00. The van der Waals surface area contributed by atoms with Crippen molar-refractivity contribution in [2.75, 3.05) is 19.6 Å². The van der Waals surface area contributed by atoms with E-state index in [2.05, 4.69) is 5.32 Å². The first-order valence-electron chi connectivity index (χ1n) is 8.34. The van der Waals surface area contributed by atoms with Crippen molar-refractivity contribution in [2.45, 2.75) is 43.9 Å². The lowest BCUT2D eigenvalue weighted by molar-refractivity contribution is -0.187. The Balaban J connectivity index is 1.64. The number of carbonyl (C=O) groups is 3. The normalized spacial score (nSPS) is 32.7. The number of likely N-dealkylation sites (tertiary alicyclic amines) is 1. The second-order valence-corrected chi connectivity index (χ2v) is 6.92. The van der Waals surface area contributed by atoms with Crippen LogP contribution in [0.3, 0.4) is 0 Å². The average molecular weight is 363 g/mol. The molecule has 2 N–H and O–H groups in total. The Kier molecular flexibility index (Phi) is 4.54. The first-order valence-corrected chi connectivity index (χ1v) is 8.34. The Labute approximate surface area is 142 Å². The lowest BCUT2D eigenvalue weighted by Crippen LogP contribution is -2.48. The zero-order chi connectivity index (χ0) is 18.4. The van der Waals surface area contributed by atoms with Crippen LogP contribution in [0.4, 0.5) is 18.0 Å². The van der Waals surface area contributed by atoms with Crippen molar-refractivity contribution in [1.82, 2.24) is 15.1 Å². The van der Waals surface area contributed by atoms with Gasteiger partial charge in [0.05, 0.1) is 11.8 Å². The number of carbonyl (C=O) groups excluding carboxylic acids is 2. The molecule has 3 heterocycles. The topological polar surface area (TPSA) is 89.9 Å². The van der Waals surface area contributed by atoms with Gasteiger partial charge in [0.15, 0.2) is 0 Å². The van der Waals surface area contributed by atoms with Crippen LogP contribution >= 0.6 is 0 Å². The second-order valence-electron chi connectivity index (χ2n) is 6.92. The predicted octanol–water partition coefficient (Wildman–Crippen LogP) is 1.04. The van der Waals surface area contributed by atoms with Crippen molar-refractivity contribution in [3.8, 4) is 0 Å². The molecule has 0 aromatic carbocycles. The summed E-state index contributed by atoms with van der Waals surface area (Å²) in [6.07, 6.45) is -1.47. The van der Waals surface area contributed by atoms with Gasteiger partial charge in [0.2, 0.25) is 5.91 Å². The van der Waals surface area contributed by atoms with Crippen LogP contribution in [0.1, 0.15) is 25.7 Å².